The van der Waals surface area contributed by atoms with Crippen molar-refractivity contribution in [2.45, 2.75) is 0 Å². The van der Waals surface area contributed by atoms with E-state index >= 15 is 0 Å². The van der Waals surface area contributed by atoms with Gasteiger partial charge >= 0.3 is 0 Å². The van der Waals surface area contributed by atoms with Crippen LogP contribution in [0.4, 0.5) is 0 Å². The highest BCUT2D eigenvalue weighted by atomic mass is 16.5. The summed E-state index contributed by atoms with van der Waals surface area (Å²) >= 11 is 0. The van der Waals surface area contributed by atoms with Crippen LogP contribution in [0, 0.1) is 0 Å². The van der Waals surface area contributed by atoms with Crippen molar-refractivity contribution in [1.29, 1.82) is 0 Å². The standard InChI is InChI=1S/C10H9BO2/c1-13-6-2-3-7-8(4-6)9(11)5-10(7)12/h2-5H,11H2,1H3. The number of ether oxygens (including phenoxy) is 1. The zero-order valence-corrected chi connectivity index (χ0v) is 7.63. The molecule has 0 aliphatic heterocycles. The van der Waals surface area contributed by atoms with Gasteiger partial charge in [0.2, 0.25) is 0 Å². The van der Waals surface area contributed by atoms with Crippen LogP contribution in [0.1, 0.15) is 15.9 Å². The molecule has 0 radical (unpaired) electrons. The fourth-order valence-electron chi connectivity index (χ4n) is 1.54. The normalized spacial score (nSPS) is 13.9. The van der Waals surface area contributed by atoms with Crippen molar-refractivity contribution in [1.82, 2.24) is 0 Å². The summed E-state index contributed by atoms with van der Waals surface area (Å²) in [6.07, 6.45) is 1.66. The van der Waals surface area contributed by atoms with Crippen molar-refractivity contribution >= 4 is 19.1 Å². The van der Waals surface area contributed by atoms with Gasteiger partial charge in [-0.25, -0.2) is 0 Å². The maximum absolute atomic E-state index is 11.4. The minimum absolute atomic E-state index is 0.0927. The van der Waals surface area contributed by atoms with Crippen molar-refractivity contribution in [2.24, 2.45) is 0 Å². The van der Waals surface area contributed by atoms with Crippen LogP contribution in [-0.4, -0.2) is 20.7 Å². The summed E-state index contributed by atoms with van der Waals surface area (Å²) in [5, 5.41) is 0. The average molecular weight is 172 g/mol. The lowest BCUT2D eigenvalue weighted by Gasteiger charge is -2.03. The number of hydrogen-bond donors (Lipinski definition) is 0. The zero-order chi connectivity index (χ0) is 9.42. The van der Waals surface area contributed by atoms with Gasteiger partial charge in [0.1, 0.15) is 13.6 Å². The lowest BCUT2D eigenvalue weighted by atomic mass is 9.90. The minimum Gasteiger partial charge on any atom is -0.497 e. The van der Waals surface area contributed by atoms with Gasteiger partial charge in [-0.15, -0.1) is 0 Å². The second-order valence-electron chi connectivity index (χ2n) is 3.10. The number of benzene rings is 1. The Labute approximate surface area is 77.6 Å². The molecule has 1 aromatic rings. The van der Waals surface area contributed by atoms with Crippen LogP contribution < -0.4 is 4.74 Å². The van der Waals surface area contributed by atoms with Crippen molar-refractivity contribution in [3.63, 3.8) is 0 Å². The number of allylic oxidation sites excluding steroid dienone is 1. The molecule has 3 heteroatoms. The second-order valence-corrected chi connectivity index (χ2v) is 3.10. The molecule has 0 aromatic heterocycles. The molecule has 0 atom stereocenters. The van der Waals surface area contributed by atoms with Gasteiger partial charge in [0, 0.05) is 5.56 Å². The molecule has 0 fully saturated rings. The molecule has 0 saturated heterocycles. The van der Waals surface area contributed by atoms with Crippen molar-refractivity contribution in [3.05, 3.63) is 35.4 Å². The predicted molar refractivity (Wildman–Crippen MR) is 53.8 cm³/mol. The molecule has 13 heavy (non-hydrogen) atoms. The molecular weight excluding hydrogens is 163 g/mol. The number of carbonyl (C=O) groups excluding carboxylic acids is 1. The third-order valence-corrected chi connectivity index (χ3v) is 2.26. The molecule has 0 N–H and O–H groups in total. The minimum atomic E-state index is 0.0927. The fraction of sp³-hybridized carbons (Fsp3) is 0.100. The fourth-order valence-corrected chi connectivity index (χ4v) is 1.54. The molecule has 64 valence electrons. The van der Waals surface area contributed by atoms with E-state index in [0.717, 1.165) is 22.3 Å². The summed E-state index contributed by atoms with van der Waals surface area (Å²) in [6.45, 7) is 0. The van der Waals surface area contributed by atoms with E-state index in [0.29, 0.717) is 0 Å². The Kier molecular flexibility index (Phi) is 1.73. The van der Waals surface area contributed by atoms with Gasteiger partial charge in [0.15, 0.2) is 5.78 Å². The van der Waals surface area contributed by atoms with E-state index < -0.39 is 0 Å². The van der Waals surface area contributed by atoms with E-state index in [1.807, 2.05) is 26.0 Å². The molecule has 0 unspecified atom stereocenters. The van der Waals surface area contributed by atoms with E-state index in [-0.39, 0.29) is 5.78 Å². The van der Waals surface area contributed by atoms with Crippen LogP contribution in [0.5, 0.6) is 5.75 Å². The third kappa shape index (κ3) is 1.17. The first kappa shape index (κ1) is 8.11. The number of rotatable bonds is 1. The maximum Gasteiger partial charge on any atom is 0.185 e. The molecule has 1 aliphatic carbocycles. The summed E-state index contributed by atoms with van der Waals surface area (Å²) < 4.78 is 5.08. The summed E-state index contributed by atoms with van der Waals surface area (Å²) in [7, 11) is 3.56. The van der Waals surface area contributed by atoms with Crippen LogP contribution in [0.15, 0.2) is 24.3 Å². The Morgan fingerprint density at radius 2 is 2.08 bits per heavy atom. The van der Waals surface area contributed by atoms with E-state index in [4.69, 9.17) is 4.74 Å². The number of methoxy groups -OCH3 is 1. The first-order valence-electron chi connectivity index (χ1n) is 4.13. The molecule has 0 spiro atoms. The highest BCUT2D eigenvalue weighted by Crippen LogP contribution is 2.28. The van der Waals surface area contributed by atoms with Crippen LogP contribution in [-0.2, 0) is 0 Å². The van der Waals surface area contributed by atoms with Gasteiger partial charge in [-0.05, 0) is 29.8 Å². The Morgan fingerprint density at radius 1 is 1.31 bits per heavy atom. The first-order chi connectivity index (χ1) is 6.22. The molecule has 2 rings (SSSR count). The average Bonchev–Trinajstić information content (AvgIpc) is 2.42. The topological polar surface area (TPSA) is 26.3 Å². The highest BCUT2D eigenvalue weighted by Gasteiger charge is 2.17. The Balaban J connectivity index is 2.59. The molecule has 0 heterocycles. The predicted octanol–water partition coefficient (Wildman–Crippen LogP) is 0.865. The molecule has 0 saturated carbocycles. The lowest BCUT2D eigenvalue weighted by Crippen LogP contribution is -1.92. The number of hydrogen-bond acceptors (Lipinski definition) is 2. The van der Waals surface area contributed by atoms with Crippen molar-refractivity contribution < 1.29 is 9.53 Å². The quantitative estimate of drug-likeness (QED) is 0.587. The molecule has 0 amide bonds. The summed E-state index contributed by atoms with van der Waals surface area (Å²) in [6, 6.07) is 5.51. The smallest absolute Gasteiger partial charge is 0.185 e. The zero-order valence-electron chi connectivity index (χ0n) is 7.63. The number of ketones is 1. The third-order valence-electron chi connectivity index (χ3n) is 2.26. The largest absolute Gasteiger partial charge is 0.497 e. The van der Waals surface area contributed by atoms with Gasteiger partial charge in [0.25, 0.3) is 0 Å². The van der Waals surface area contributed by atoms with Crippen LogP contribution in [0.3, 0.4) is 0 Å². The van der Waals surface area contributed by atoms with Crippen LogP contribution in [0.2, 0.25) is 0 Å². The van der Waals surface area contributed by atoms with Gasteiger partial charge < -0.3 is 4.74 Å². The summed E-state index contributed by atoms with van der Waals surface area (Å²) in [5.74, 6) is 0.886. The number of fused-ring (bicyclic) bond motifs is 1. The molecule has 2 nitrogen and oxygen atoms in total. The Bertz CT molecular complexity index is 407. The SMILES string of the molecule is BC1=CC(=O)c2ccc(OC)cc21. The van der Waals surface area contributed by atoms with E-state index in [2.05, 4.69) is 0 Å². The van der Waals surface area contributed by atoms with E-state index in [9.17, 15) is 4.79 Å². The highest BCUT2D eigenvalue weighted by molar-refractivity contribution is 6.48. The second kappa shape index (κ2) is 2.77. The maximum atomic E-state index is 11.4. The van der Waals surface area contributed by atoms with Crippen LogP contribution in [0.25, 0.3) is 5.47 Å². The molecule has 0 bridgehead atoms. The van der Waals surface area contributed by atoms with Gasteiger partial charge in [-0.3, -0.25) is 4.79 Å². The van der Waals surface area contributed by atoms with E-state index in [1.54, 1.807) is 13.2 Å². The summed E-state index contributed by atoms with van der Waals surface area (Å²) in [5.41, 5.74) is 2.78. The summed E-state index contributed by atoms with van der Waals surface area (Å²) in [4.78, 5) is 11.4. The molecular formula is C10H9BO2. The number of carbonyl (C=O) groups is 1. The van der Waals surface area contributed by atoms with Crippen molar-refractivity contribution in [2.75, 3.05) is 7.11 Å². The van der Waals surface area contributed by atoms with Gasteiger partial charge in [-0.2, -0.15) is 0 Å². The lowest BCUT2D eigenvalue weighted by molar-refractivity contribution is 0.105. The van der Waals surface area contributed by atoms with Crippen molar-refractivity contribution in [3.8, 4) is 5.75 Å². The Morgan fingerprint density at radius 3 is 2.77 bits per heavy atom. The molecule has 1 aliphatic rings. The Hall–Kier alpha value is -1.51. The van der Waals surface area contributed by atoms with Gasteiger partial charge in [0.05, 0.1) is 7.11 Å². The van der Waals surface area contributed by atoms with Gasteiger partial charge in [-0.1, -0.05) is 5.47 Å². The molecule has 1 aromatic carbocycles. The first-order valence-corrected chi connectivity index (χ1v) is 4.13. The van der Waals surface area contributed by atoms with E-state index in [1.165, 1.54) is 0 Å². The monoisotopic (exact) mass is 172 g/mol. The van der Waals surface area contributed by atoms with Crippen LogP contribution >= 0.6 is 0 Å².